The number of ether oxygens (including phenoxy) is 3. The van der Waals surface area contributed by atoms with Crippen LogP contribution in [0.5, 0.6) is 17.2 Å². The molecule has 0 saturated carbocycles. The number of rotatable bonds is 7. The summed E-state index contributed by atoms with van der Waals surface area (Å²) < 4.78 is 44.2. The van der Waals surface area contributed by atoms with Crippen LogP contribution in [-0.2, 0) is 16.6 Å². The molecule has 0 aliphatic heterocycles. The second kappa shape index (κ2) is 7.97. The van der Waals surface area contributed by atoms with Crippen molar-refractivity contribution < 1.29 is 22.6 Å². The first kappa shape index (κ1) is 20.1. The van der Waals surface area contributed by atoms with Gasteiger partial charge in [-0.05, 0) is 38.0 Å². The van der Waals surface area contributed by atoms with Crippen LogP contribution >= 0.6 is 0 Å². The van der Waals surface area contributed by atoms with Gasteiger partial charge in [-0.2, -0.15) is 0 Å². The van der Waals surface area contributed by atoms with Crippen LogP contribution in [0, 0.1) is 20.8 Å². The van der Waals surface area contributed by atoms with Crippen molar-refractivity contribution in [3.8, 4) is 17.2 Å². The molecule has 0 saturated heterocycles. The van der Waals surface area contributed by atoms with Gasteiger partial charge in [0.1, 0.15) is 5.75 Å². The lowest BCUT2D eigenvalue weighted by atomic mass is 10.1. The van der Waals surface area contributed by atoms with E-state index >= 15 is 0 Å². The summed E-state index contributed by atoms with van der Waals surface area (Å²) in [5, 5.41) is 0. The van der Waals surface area contributed by atoms with E-state index in [1.54, 1.807) is 26.0 Å². The van der Waals surface area contributed by atoms with Gasteiger partial charge in [-0.3, -0.25) is 0 Å². The SMILES string of the molecule is COc1cc(OC)c(OC)cc1CNS(=O)(=O)c1c(C)cc(C)cc1C. The number of nitrogens with one attached hydrogen (secondary N) is 1. The van der Waals surface area contributed by atoms with Gasteiger partial charge < -0.3 is 14.2 Å². The highest BCUT2D eigenvalue weighted by molar-refractivity contribution is 7.89. The number of hydrogen-bond donors (Lipinski definition) is 1. The number of benzene rings is 2. The molecular weight excluding hydrogens is 354 g/mol. The third kappa shape index (κ3) is 4.11. The normalized spacial score (nSPS) is 11.3. The summed E-state index contributed by atoms with van der Waals surface area (Å²) in [6.07, 6.45) is 0. The first-order valence-electron chi connectivity index (χ1n) is 8.10. The van der Waals surface area contributed by atoms with E-state index in [1.165, 1.54) is 21.3 Å². The quantitative estimate of drug-likeness (QED) is 0.800. The maximum atomic E-state index is 12.8. The van der Waals surface area contributed by atoms with Gasteiger partial charge >= 0.3 is 0 Å². The van der Waals surface area contributed by atoms with Crippen molar-refractivity contribution in [2.75, 3.05) is 21.3 Å². The first-order valence-corrected chi connectivity index (χ1v) is 9.58. The molecule has 0 bridgehead atoms. The molecule has 2 rings (SSSR count). The summed E-state index contributed by atoms with van der Waals surface area (Å²) in [6.45, 7) is 5.61. The Morgan fingerprint density at radius 3 is 1.81 bits per heavy atom. The molecule has 0 amide bonds. The smallest absolute Gasteiger partial charge is 0.241 e. The van der Waals surface area contributed by atoms with Gasteiger partial charge in [0, 0.05) is 18.2 Å². The molecule has 6 nitrogen and oxygen atoms in total. The highest BCUT2D eigenvalue weighted by atomic mass is 32.2. The van der Waals surface area contributed by atoms with Gasteiger partial charge in [-0.1, -0.05) is 17.7 Å². The Balaban J connectivity index is 2.36. The van der Waals surface area contributed by atoms with Crippen LogP contribution in [0.1, 0.15) is 22.3 Å². The van der Waals surface area contributed by atoms with E-state index in [0.29, 0.717) is 38.8 Å². The molecule has 0 unspecified atom stereocenters. The van der Waals surface area contributed by atoms with Crippen molar-refractivity contribution >= 4 is 10.0 Å². The minimum absolute atomic E-state index is 0.0681. The van der Waals surface area contributed by atoms with Crippen molar-refractivity contribution in [3.63, 3.8) is 0 Å². The Hall–Kier alpha value is -2.25. The van der Waals surface area contributed by atoms with Crippen LogP contribution in [0.3, 0.4) is 0 Å². The van der Waals surface area contributed by atoms with E-state index in [4.69, 9.17) is 14.2 Å². The third-order valence-electron chi connectivity index (χ3n) is 4.11. The van der Waals surface area contributed by atoms with E-state index < -0.39 is 10.0 Å². The summed E-state index contributed by atoms with van der Waals surface area (Å²) in [7, 11) is 0.902. The lowest BCUT2D eigenvalue weighted by molar-refractivity contribution is 0.347. The Labute approximate surface area is 155 Å². The van der Waals surface area contributed by atoms with Gasteiger partial charge in [0.25, 0.3) is 0 Å². The zero-order chi connectivity index (χ0) is 19.5. The van der Waals surface area contributed by atoms with Crippen LogP contribution in [0.15, 0.2) is 29.2 Å². The maximum absolute atomic E-state index is 12.8. The van der Waals surface area contributed by atoms with Crippen LogP contribution in [-0.4, -0.2) is 29.7 Å². The van der Waals surface area contributed by atoms with E-state index in [0.717, 1.165) is 5.56 Å². The topological polar surface area (TPSA) is 73.9 Å². The molecule has 2 aromatic rings. The Morgan fingerprint density at radius 2 is 1.31 bits per heavy atom. The highest BCUT2D eigenvalue weighted by Crippen LogP contribution is 2.34. The second-order valence-corrected chi connectivity index (χ2v) is 7.78. The molecule has 7 heteroatoms. The lowest BCUT2D eigenvalue weighted by Gasteiger charge is -2.16. The fraction of sp³-hybridized carbons (Fsp3) is 0.368. The summed E-state index contributed by atoms with van der Waals surface area (Å²) in [4.78, 5) is 0.308. The molecule has 0 aliphatic carbocycles. The van der Waals surface area contributed by atoms with Crippen molar-refractivity contribution in [1.82, 2.24) is 4.72 Å². The van der Waals surface area contributed by atoms with Crippen LogP contribution in [0.4, 0.5) is 0 Å². The van der Waals surface area contributed by atoms with Gasteiger partial charge in [0.2, 0.25) is 10.0 Å². The number of aryl methyl sites for hydroxylation is 3. The summed E-state index contributed by atoms with van der Waals surface area (Å²) >= 11 is 0. The number of hydrogen-bond acceptors (Lipinski definition) is 5. The van der Waals surface area contributed by atoms with Crippen molar-refractivity contribution in [1.29, 1.82) is 0 Å². The van der Waals surface area contributed by atoms with Crippen molar-refractivity contribution in [2.24, 2.45) is 0 Å². The molecule has 1 N–H and O–H groups in total. The molecule has 0 spiro atoms. The zero-order valence-corrected chi connectivity index (χ0v) is 16.8. The molecular formula is C19H25NO5S. The summed E-state index contributed by atoms with van der Waals surface area (Å²) in [5.41, 5.74) is 3.11. The molecule has 0 aromatic heterocycles. The minimum atomic E-state index is -3.67. The van der Waals surface area contributed by atoms with Gasteiger partial charge in [0.05, 0.1) is 26.2 Å². The highest BCUT2D eigenvalue weighted by Gasteiger charge is 2.21. The number of methoxy groups -OCH3 is 3. The molecule has 0 aliphatic rings. The van der Waals surface area contributed by atoms with Crippen molar-refractivity contribution in [3.05, 3.63) is 46.5 Å². The molecule has 0 atom stereocenters. The minimum Gasteiger partial charge on any atom is -0.496 e. The Kier molecular flexibility index (Phi) is 6.15. The predicted octanol–water partition coefficient (Wildman–Crippen LogP) is 3.12. The van der Waals surface area contributed by atoms with Crippen molar-refractivity contribution in [2.45, 2.75) is 32.2 Å². The molecule has 0 fully saturated rings. The molecule has 0 radical (unpaired) electrons. The average Bonchev–Trinajstić information content (AvgIpc) is 2.57. The van der Waals surface area contributed by atoms with Gasteiger partial charge in [-0.15, -0.1) is 0 Å². The summed E-state index contributed by atoms with van der Waals surface area (Å²) in [6, 6.07) is 7.09. The monoisotopic (exact) mass is 379 g/mol. The maximum Gasteiger partial charge on any atom is 0.241 e. The third-order valence-corrected chi connectivity index (χ3v) is 5.82. The predicted molar refractivity (Wildman–Crippen MR) is 101 cm³/mol. The van der Waals surface area contributed by atoms with E-state index in [2.05, 4.69) is 4.72 Å². The van der Waals surface area contributed by atoms with Crippen LogP contribution in [0.2, 0.25) is 0 Å². The fourth-order valence-electron chi connectivity index (χ4n) is 3.07. The second-order valence-electron chi connectivity index (χ2n) is 6.07. The molecule has 26 heavy (non-hydrogen) atoms. The van der Waals surface area contributed by atoms with Crippen LogP contribution in [0.25, 0.3) is 0 Å². The average molecular weight is 379 g/mol. The van der Waals surface area contributed by atoms with E-state index in [9.17, 15) is 8.42 Å². The van der Waals surface area contributed by atoms with Gasteiger partial charge in [0.15, 0.2) is 11.5 Å². The molecule has 2 aromatic carbocycles. The zero-order valence-electron chi connectivity index (χ0n) is 16.0. The van der Waals surface area contributed by atoms with E-state index in [-0.39, 0.29) is 6.54 Å². The molecule has 142 valence electrons. The fourth-order valence-corrected chi connectivity index (χ4v) is 4.52. The Bertz CT molecular complexity index is 883. The first-order chi connectivity index (χ1) is 12.2. The van der Waals surface area contributed by atoms with E-state index in [1.807, 2.05) is 19.1 Å². The largest absolute Gasteiger partial charge is 0.496 e. The van der Waals surface area contributed by atoms with Crippen LogP contribution < -0.4 is 18.9 Å². The lowest BCUT2D eigenvalue weighted by Crippen LogP contribution is -2.25. The molecule has 0 heterocycles. The Morgan fingerprint density at radius 1 is 0.808 bits per heavy atom. The summed E-state index contributed by atoms with van der Waals surface area (Å²) in [5.74, 6) is 1.54. The number of sulfonamides is 1. The van der Waals surface area contributed by atoms with Gasteiger partial charge in [-0.25, -0.2) is 13.1 Å². The standard InChI is InChI=1S/C19H25NO5S/c1-12-7-13(2)19(14(3)8-12)26(21,22)20-11-15-9-17(24-5)18(25-6)10-16(15)23-4/h7-10,20H,11H2,1-6H3.